The number of aryl methyl sites for hydroxylation is 1. The van der Waals surface area contributed by atoms with E-state index in [0.717, 1.165) is 6.42 Å². The van der Waals surface area contributed by atoms with Crippen molar-refractivity contribution in [2.24, 2.45) is 5.84 Å². The maximum Gasteiger partial charge on any atom is 0.224 e. The SMILES string of the molecule is CCCc1nc(NN)cc(Oc2ccc(F)c(Cl)c2)n1. The van der Waals surface area contributed by atoms with Gasteiger partial charge in [0.2, 0.25) is 5.88 Å². The molecule has 0 spiro atoms. The molecule has 7 heteroatoms. The van der Waals surface area contributed by atoms with Gasteiger partial charge in [0.15, 0.2) is 0 Å². The summed E-state index contributed by atoms with van der Waals surface area (Å²) in [7, 11) is 0. The fourth-order valence-corrected chi connectivity index (χ4v) is 1.77. The van der Waals surface area contributed by atoms with Gasteiger partial charge < -0.3 is 10.2 Å². The Hall–Kier alpha value is -1.92. The van der Waals surface area contributed by atoms with Crippen molar-refractivity contribution in [1.82, 2.24) is 9.97 Å². The van der Waals surface area contributed by atoms with Crippen LogP contribution in [0.4, 0.5) is 10.2 Å². The van der Waals surface area contributed by atoms with Gasteiger partial charge in [-0.25, -0.2) is 15.2 Å². The molecule has 0 aliphatic heterocycles. The van der Waals surface area contributed by atoms with Crippen LogP contribution in [0.5, 0.6) is 11.6 Å². The number of nitrogens with two attached hydrogens (primary N) is 1. The van der Waals surface area contributed by atoms with Gasteiger partial charge in [-0.2, -0.15) is 4.98 Å². The Labute approximate surface area is 120 Å². The highest BCUT2D eigenvalue weighted by Gasteiger charge is 2.07. The predicted octanol–water partition coefficient (Wildman–Crippen LogP) is 3.30. The highest BCUT2D eigenvalue weighted by Crippen LogP contribution is 2.26. The average molecular weight is 297 g/mol. The summed E-state index contributed by atoms with van der Waals surface area (Å²) in [4.78, 5) is 8.45. The second-order valence-electron chi connectivity index (χ2n) is 4.08. The number of nitrogens with zero attached hydrogens (tertiary/aromatic N) is 2. The van der Waals surface area contributed by atoms with Crippen molar-refractivity contribution in [3.63, 3.8) is 0 Å². The van der Waals surface area contributed by atoms with Crippen LogP contribution in [0.2, 0.25) is 5.02 Å². The van der Waals surface area contributed by atoms with Crippen LogP contribution in [0.25, 0.3) is 0 Å². The standard InChI is InChI=1S/C13H14ClFN4O/c1-2-3-11-17-12(19-16)7-13(18-11)20-8-4-5-10(15)9(14)6-8/h4-7H,2-3,16H2,1H3,(H,17,18,19). The predicted molar refractivity (Wildman–Crippen MR) is 75.3 cm³/mol. The summed E-state index contributed by atoms with van der Waals surface area (Å²) in [5.41, 5.74) is 2.46. The Morgan fingerprint density at radius 3 is 2.80 bits per heavy atom. The minimum Gasteiger partial charge on any atom is -0.439 e. The Morgan fingerprint density at radius 1 is 1.35 bits per heavy atom. The Bertz CT molecular complexity index is 609. The van der Waals surface area contributed by atoms with Crippen LogP contribution in [-0.2, 0) is 6.42 Å². The van der Waals surface area contributed by atoms with E-state index in [1.165, 1.54) is 18.2 Å². The van der Waals surface area contributed by atoms with Crippen molar-refractivity contribution in [2.45, 2.75) is 19.8 Å². The van der Waals surface area contributed by atoms with Gasteiger partial charge in [0, 0.05) is 18.6 Å². The second kappa shape index (κ2) is 6.49. The van der Waals surface area contributed by atoms with Crippen molar-refractivity contribution in [1.29, 1.82) is 0 Å². The van der Waals surface area contributed by atoms with Gasteiger partial charge >= 0.3 is 0 Å². The number of hydrogen-bond donors (Lipinski definition) is 2. The molecule has 0 aliphatic carbocycles. The lowest BCUT2D eigenvalue weighted by Gasteiger charge is -2.09. The first kappa shape index (κ1) is 14.5. The van der Waals surface area contributed by atoms with Crippen molar-refractivity contribution in [3.05, 3.63) is 40.9 Å². The smallest absolute Gasteiger partial charge is 0.224 e. The first-order chi connectivity index (χ1) is 9.62. The van der Waals surface area contributed by atoms with Gasteiger partial charge in [-0.1, -0.05) is 18.5 Å². The number of hydrogen-bond acceptors (Lipinski definition) is 5. The second-order valence-corrected chi connectivity index (χ2v) is 4.49. The molecule has 2 rings (SSSR count). The molecular formula is C13H14ClFN4O. The highest BCUT2D eigenvalue weighted by atomic mass is 35.5. The summed E-state index contributed by atoms with van der Waals surface area (Å²) in [5, 5.41) is -0.0116. The molecule has 106 valence electrons. The van der Waals surface area contributed by atoms with E-state index in [1.54, 1.807) is 6.07 Å². The van der Waals surface area contributed by atoms with E-state index in [4.69, 9.17) is 22.2 Å². The monoisotopic (exact) mass is 296 g/mol. The topological polar surface area (TPSA) is 73.1 Å². The molecule has 0 saturated carbocycles. The number of nitrogens with one attached hydrogen (secondary N) is 1. The maximum atomic E-state index is 13.1. The van der Waals surface area contributed by atoms with E-state index in [0.29, 0.717) is 29.7 Å². The van der Waals surface area contributed by atoms with Gasteiger partial charge in [0.05, 0.1) is 5.02 Å². The van der Waals surface area contributed by atoms with Gasteiger partial charge in [-0.15, -0.1) is 0 Å². The van der Waals surface area contributed by atoms with Crippen molar-refractivity contribution >= 4 is 17.4 Å². The van der Waals surface area contributed by atoms with Gasteiger partial charge in [-0.05, 0) is 18.6 Å². The maximum absolute atomic E-state index is 13.1. The number of benzene rings is 1. The van der Waals surface area contributed by atoms with Gasteiger partial charge in [0.1, 0.15) is 23.2 Å². The van der Waals surface area contributed by atoms with Crippen molar-refractivity contribution in [3.8, 4) is 11.6 Å². The minimum atomic E-state index is -0.502. The first-order valence-corrected chi connectivity index (χ1v) is 6.47. The zero-order valence-electron chi connectivity index (χ0n) is 10.9. The molecule has 0 radical (unpaired) electrons. The van der Waals surface area contributed by atoms with E-state index >= 15 is 0 Å². The number of halogens is 2. The molecule has 0 atom stereocenters. The number of aromatic nitrogens is 2. The molecule has 0 amide bonds. The molecule has 0 saturated heterocycles. The molecule has 3 N–H and O–H groups in total. The van der Waals surface area contributed by atoms with Crippen LogP contribution in [0.3, 0.4) is 0 Å². The third-order valence-corrected chi connectivity index (χ3v) is 2.77. The van der Waals surface area contributed by atoms with Crippen molar-refractivity contribution < 1.29 is 9.13 Å². The zero-order chi connectivity index (χ0) is 14.5. The van der Waals surface area contributed by atoms with Crippen LogP contribution in [0.1, 0.15) is 19.2 Å². The van der Waals surface area contributed by atoms with Crippen molar-refractivity contribution in [2.75, 3.05) is 5.43 Å². The molecule has 2 aromatic rings. The molecule has 0 unspecified atom stereocenters. The van der Waals surface area contributed by atoms with Crippen LogP contribution in [0, 0.1) is 5.82 Å². The Balaban J connectivity index is 2.27. The lowest BCUT2D eigenvalue weighted by Crippen LogP contribution is -2.10. The lowest BCUT2D eigenvalue weighted by molar-refractivity contribution is 0.457. The highest BCUT2D eigenvalue weighted by molar-refractivity contribution is 6.30. The summed E-state index contributed by atoms with van der Waals surface area (Å²) in [6.07, 6.45) is 1.60. The fourth-order valence-electron chi connectivity index (χ4n) is 1.60. The van der Waals surface area contributed by atoms with Crippen LogP contribution < -0.4 is 16.0 Å². The summed E-state index contributed by atoms with van der Waals surface area (Å²) in [6, 6.07) is 5.64. The number of rotatable bonds is 5. The zero-order valence-corrected chi connectivity index (χ0v) is 11.6. The first-order valence-electron chi connectivity index (χ1n) is 6.10. The fraction of sp³-hybridized carbons (Fsp3) is 0.231. The molecule has 5 nitrogen and oxygen atoms in total. The minimum absolute atomic E-state index is 0.0116. The third-order valence-electron chi connectivity index (χ3n) is 2.48. The van der Waals surface area contributed by atoms with E-state index in [2.05, 4.69) is 15.4 Å². The van der Waals surface area contributed by atoms with Gasteiger partial charge in [-0.3, -0.25) is 0 Å². The lowest BCUT2D eigenvalue weighted by atomic mass is 10.3. The number of ether oxygens (including phenoxy) is 1. The summed E-state index contributed by atoms with van der Waals surface area (Å²) >= 11 is 5.70. The van der Waals surface area contributed by atoms with E-state index in [-0.39, 0.29) is 5.02 Å². The van der Waals surface area contributed by atoms with Crippen LogP contribution >= 0.6 is 11.6 Å². The van der Waals surface area contributed by atoms with E-state index in [9.17, 15) is 4.39 Å². The number of hydrazine groups is 1. The molecule has 0 fully saturated rings. The molecule has 1 aromatic heterocycles. The number of nitrogen functional groups attached to an aromatic ring is 1. The van der Waals surface area contributed by atoms with Crippen LogP contribution in [0.15, 0.2) is 24.3 Å². The summed E-state index contributed by atoms with van der Waals surface area (Å²) < 4.78 is 18.6. The molecule has 0 aliphatic rings. The molecule has 1 heterocycles. The quantitative estimate of drug-likeness (QED) is 0.654. The largest absolute Gasteiger partial charge is 0.439 e. The Morgan fingerprint density at radius 2 is 2.15 bits per heavy atom. The Kier molecular flexibility index (Phi) is 4.70. The summed E-state index contributed by atoms with van der Waals surface area (Å²) in [6.45, 7) is 2.02. The third kappa shape index (κ3) is 3.55. The number of anilines is 1. The molecular weight excluding hydrogens is 283 g/mol. The molecule has 20 heavy (non-hydrogen) atoms. The molecule has 1 aromatic carbocycles. The van der Waals surface area contributed by atoms with E-state index in [1.807, 2.05) is 6.92 Å². The molecule has 0 bridgehead atoms. The van der Waals surface area contributed by atoms with Gasteiger partial charge in [0.25, 0.3) is 0 Å². The van der Waals surface area contributed by atoms with Crippen LogP contribution in [-0.4, -0.2) is 9.97 Å². The average Bonchev–Trinajstić information content (AvgIpc) is 2.43. The van der Waals surface area contributed by atoms with E-state index < -0.39 is 5.82 Å². The normalized spacial score (nSPS) is 10.4. The summed E-state index contributed by atoms with van der Waals surface area (Å²) in [5.74, 6) is 6.63.